The highest BCUT2D eigenvalue weighted by atomic mass is 16.3. The maximum Gasteiger partial charge on any atom is 0.128 e. The molecule has 0 saturated heterocycles. The molecule has 0 radical (unpaired) electrons. The van der Waals surface area contributed by atoms with Gasteiger partial charge in [0.05, 0.1) is 19.2 Å². The van der Waals surface area contributed by atoms with E-state index in [0.29, 0.717) is 6.04 Å². The average Bonchev–Trinajstić information content (AvgIpc) is 2.83. The molecule has 0 aliphatic carbocycles. The number of aliphatic hydroxyl groups is 1. The van der Waals surface area contributed by atoms with E-state index in [4.69, 9.17) is 5.11 Å². The van der Waals surface area contributed by atoms with Crippen molar-refractivity contribution in [3.05, 3.63) is 59.8 Å². The molecule has 3 rings (SSSR count). The van der Waals surface area contributed by atoms with Crippen LogP contribution in [-0.2, 0) is 6.61 Å². The molecule has 86 valence electrons. The van der Waals surface area contributed by atoms with Gasteiger partial charge >= 0.3 is 0 Å². The lowest BCUT2D eigenvalue weighted by atomic mass is 10.0. The molecule has 2 aliphatic rings. The number of nitrogens with zero attached hydrogens (tertiary/aromatic N) is 2. The normalized spacial score (nSPS) is 21.6. The lowest BCUT2D eigenvalue weighted by Crippen LogP contribution is -2.25. The van der Waals surface area contributed by atoms with Gasteiger partial charge in [-0.2, -0.15) is 0 Å². The first-order valence-corrected chi connectivity index (χ1v) is 5.76. The van der Waals surface area contributed by atoms with Gasteiger partial charge in [-0.25, -0.2) is 0 Å². The van der Waals surface area contributed by atoms with Crippen LogP contribution in [0, 0.1) is 0 Å². The summed E-state index contributed by atoms with van der Waals surface area (Å²) in [6, 6.07) is 8.37. The molecule has 1 atom stereocenters. The van der Waals surface area contributed by atoms with Crippen LogP contribution in [-0.4, -0.2) is 22.4 Å². The summed E-state index contributed by atoms with van der Waals surface area (Å²) < 4.78 is 0. The molecule has 17 heavy (non-hydrogen) atoms. The Morgan fingerprint density at radius 2 is 2.06 bits per heavy atom. The van der Waals surface area contributed by atoms with Crippen LogP contribution in [0.2, 0.25) is 0 Å². The van der Waals surface area contributed by atoms with E-state index in [9.17, 15) is 0 Å². The van der Waals surface area contributed by atoms with E-state index in [2.05, 4.69) is 28.2 Å². The summed E-state index contributed by atoms with van der Waals surface area (Å²) in [5.41, 5.74) is 2.18. The van der Waals surface area contributed by atoms with Gasteiger partial charge in [0, 0.05) is 6.20 Å². The summed E-state index contributed by atoms with van der Waals surface area (Å²) in [4.78, 5) is 6.70. The highest BCUT2D eigenvalue weighted by molar-refractivity contribution is 5.96. The van der Waals surface area contributed by atoms with Crippen molar-refractivity contribution in [3.8, 4) is 0 Å². The number of hydrogen-bond donors (Lipinski definition) is 1. The third kappa shape index (κ3) is 1.78. The number of benzene rings is 1. The first-order valence-electron chi connectivity index (χ1n) is 5.76. The molecule has 0 spiro atoms. The Morgan fingerprint density at radius 3 is 2.82 bits per heavy atom. The van der Waals surface area contributed by atoms with Crippen molar-refractivity contribution in [2.45, 2.75) is 12.6 Å². The Hall–Kier alpha value is -1.87. The van der Waals surface area contributed by atoms with Crippen LogP contribution in [0.1, 0.15) is 17.2 Å². The number of aliphatic hydroxyl groups excluding tert-OH is 1. The van der Waals surface area contributed by atoms with E-state index < -0.39 is 0 Å². The van der Waals surface area contributed by atoms with Gasteiger partial charge in [0.15, 0.2) is 0 Å². The minimum atomic E-state index is 0.0963. The van der Waals surface area contributed by atoms with Gasteiger partial charge in [-0.3, -0.25) is 4.99 Å². The Kier molecular flexibility index (Phi) is 2.53. The van der Waals surface area contributed by atoms with Crippen molar-refractivity contribution < 1.29 is 5.11 Å². The zero-order valence-electron chi connectivity index (χ0n) is 9.45. The number of allylic oxidation sites excluding steroid dienone is 2. The smallest absolute Gasteiger partial charge is 0.128 e. The molecule has 0 amide bonds. The summed E-state index contributed by atoms with van der Waals surface area (Å²) in [6.45, 7) is 0.890. The molecular weight excluding hydrogens is 212 g/mol. The molecule has 1 unspecified atom stereocenters. The maximum absolute atomic E-state index is 9.03. The molecule has 2 heterocycles. The quantitative estimate of drug-likeness (QED) is 0.837. The third-order valence-corrected chi connectivity index (χ3v) is 3.18. The van der Waals surface area contributed by atoms with Crippen molar-refractivity contribution in [2.75, 3.05) is 6.54 Å². The van der Waals surface area contributed by atoms with Crippen LogP contribution in [0.25, 0.3) is 0 Å². The summed E-state index contributed by atoms with van der Waals surface area (Å²) in [7, 11) is 0. The monoisotopic (exact) mass is 226 g/mol. The van der Waals surface area contributed by atoms with Crippen molar-refractivity contribution in [1.29, 1.82) is 0 Å². The Balaban J connectivity index is 1.86. The van der Waals surface area contributed by atoms with E-state index in [1.54, 1.807) is 0 Å². The first kappa shape index (κ1) is 10.3. The fourth-order valence-corrected chi connectivity index (χ4v) is 2.22. The number of aliphatic imine (C=N–C) groups is 1. The SMILES string of the molecule is OCc1ccc(C2CN=C3C=CC=CN32)cc1. The summed E-state index contributed by atoms with van der Waals surface area (Å²) in [5, 5.41) is 9.03. The Morgan fingerprint density at radius 1 is 1.24 bits per heavy atom. The van der Waals surface area contributed by atoms with Crippen LogP contribution in [0.3, 0.4) is 0 Å². The van der Waals surface area contributed by atoms with Crippen LogP contribution in [0.5, 0.6) is 0 Å². The average molecular weight is 226 g/mol. The van der Waals surface area contributed by atoms with Gasteiger partial charge in [0.2, 0.25) is 0 Å². The first-order chi connectivity index (χ1) is 8.38. The standard InChI is InChI=1S/C14H14N2O/c17-10-11-4-6-12(7-5-11)13-9-15-14-3-1-2-8-16(13)14/h1-8,13,17H,9-10H2. The molecule has 0 bridgehead atoms. The minimum absolute atomic E-state index is 0.0963. The zero-order chi connectivity index (χ0) is 11.7. The molecular formula is C14H14N2O. The minimum Gasteiger partial charge on any atom is -0.392 e. The van der Waals surface area contributed by atoms with Gasteiger partial charge in [-0.05, 0) is 23.3 Å². The number of rotatable bonds is 2. The van der Waals surface area contributed by atoms with Crippen molar-refractivity contribution in [3.63, 3.8) is 0 Å². The second kappa shape index (κ2) is 4.18. The van der Waals surface area contributed by atoms with Gasteiger partial charge in [-0.1, -0.05) is 30.3 Å². The van der Waals surface area contributed by atoms with E-state index in [0.717, 1.165) is 17.9 Å². The van der Waals surface area contributed by atoms with E-state index in [1.807, 2.05) is 30.4 Å². The lowest BCUT2D eigenvalue weighted by molar-refractivity contribution is 0.282. The Labute approximate surface area is 100 Å². The van der Waals surface area contributed by atoms with Crippen molar-refractivity contribution in [2.24, 2.45) is 4.99 Å². The van der Waals surface area contributed by atoms with Crippen LogP contribution >= 0.6 is 0 Å². The summed E-state index contributed by atoms with van der Waals surface area (Å²) in [5.74, 6) is 1.03. The largest absolute Gasteiger partial charge is 0.392 e. The van der Waals surface area contributed by atoms with E-state index in [-0.39, 0.29) is 6.61 Å². The van der Waals surface area contributed by atoms with Crippen LogP contribution in [0.4, 0.5) is 0 Å². The molecule has 1 aromatic rings. The third-order valence-electron chi connectivity index (χ3n) is 3.18. The van der Waals surface area contributed by atoms with Gasteiger partial charge in [0.1, 0.15) is 5.84 Å². The number of fused-ring (bicyclic) bond motifs is 1. The molecule has 3 heteroatoms. The van der Waals surface area contributed by atoms with Gasteiger partial charge in [-0.15, -0.1) is 0 Å². The molecule has 1 N–H and O–H groups in total. The molecule has 2 aliphatic heterocycles. The van der Waals surface area contributed by atoms with E-state index >= 15 is 0 Å². The van der Waals surface area contributed by atoms with E-state index in [1.165, 1.54) is 5.56 Å². The highest BCUT2D eigenvalue weighted by Gasteiger charge is 2.26. The summed E-state index contributed by atoms with van der Waals surface area (Å²) >= 11 is 0. The molecule has 1 aromatic carbocycles. The molecule has 3 nitrogen and oxygen atoms in total. The molecule has 0 aromatic heterocycles. The second-order valence-electron chi connectivity index (χ2n) is 4.22. The van der Waals surface area contributed by atoms with Gasteiger partial charge in [0.25, 0.3) is 0 Å². The topological polar surface area (TPSA) is 35.8 Å². The predicted molar refractivity (Wildman–Crippen MR) is 67.5 cm³/mol. The number of amidine groups is 1. The molecule has 0 fully saturated rings. The summed E-state index contributed by atoms with van der Waals surface area (Å²) in [6.07, 6.45) is 8.13. The number of hydrogen-bond acceptors (Lipinski definition) is 3. The molecule has 0 saturated carbocycles. The van der Waals surface area contributed by atoms with Gasteiger partial charge < -0.3 is 10.0 Å². The maximum atomic E-state index is 9.03. The second-order valence-corrected chi connectivity index (χ2v) is 4.22. The predicted octanol–water partition coefficient (Wildman–Crippen LogP) is 2.02. The van der Waals surface area contributed by atoms with Crippen molar-refractivity contribution in [1.82, 2.24) is 4.90 Å². The fourth-order valence-electron chi connectivity index (χ4n) is 2.22. The Bertz CT molecular complexity index is 499. The van der Waals surface area contributed by atoms with Crippen LogP contribution in [0.15, 0.2) is 53.7 Å². The highest BCUT2D eigenvalue weighted by Crippen LogP contribution is 2.28. The lowest BCUT2D eigenvalue weighted by Gasteiger charge is -2.24. The van der Waals surface area contributed by atoms with Crippen LogP contribution < -0.4 is 0 Å². The zero-order valence-corrected chi connectivity index (χ0v) is 9.45. The van der Waals surface area contributed by atoms with Crippen molar-refractivity contribution >= 4 is 5.84 Å². The fraction of sp³-hybridized carbons (Fsp3) is 0.214.